The van der Waals surface area contributed by atoms with Gasteiger partial charge in [-0.05, 0) is 23.6 Å². The van der Waals surface area contributed by atoms with Crippen molar-refractivity contribution >= 4 is 12.1 Å². The molecular weight excluding hydrogens is 308 g/mol. The van der Waals surface area contributed by atoms with Crippen LogP contribution in [-0.2, 0) is 10.2 Å². The summed E-state index contributed by atoms with van der Waals surface area (Å²) in [4.78, 5) is 23.8. The van der Waals surface area contributed by atoms with Crippen molar-refractivity contribution in [2.75, 3.05) is 7.11 Å². The highest BCUT2D eigenvalue weighted by Gasteiger charge is 2.22. The van der Waals surface area contributed by atoms with Crippen LogP contribution in [0.2, 0.25) is 0 Å². The highest BCUT2D eigenvalue weighted by atomic mass is 16.7. The van der Waals surface area contributed by atoms with Crippen molar-refractivity contribution in [1.82, 2.24) is 0 Å². The minimum absolute atomic E-state index is 0.0857. The lowest BCUT2D eigenvalue weighted by Crippen LogP contribution is -2.19. The average molecular weight is 328 g/mol. The number of rotatable bonds is 3. The standard InChI is InChI=1S/C19H20O5/c1-19(2,3)14-10-6-8-12-16(14)24-18(21)23-15-11-7-5-9-13(15)17(20)22-4/h5-12H,1-4H3. The van der Waals surface area contributed by atoms with Gasteiger partial charge in [0.05, 0.1) is 7.11 Å². The second kappa shape index (κ2) is 7.17. The van der Waals surface area contributed by atoms with E-state index < -0.39 is 12.1 Å². The molecule has 24 heavy (non-hydrogen) atoms. The van der Waals surface area contributed by atoms with Crippen LogP contribution in [0.5, 0.6) is 11.5 Å². The van der Waals surface area contributed by atoms with Gasteiger partial charge in [-0.2, -0.15) is 0 Å². The van der Waals surface area contributed by atoms with Gasteiger partial charge in [0.1, 0.15) is 17.1 Å². The Labute approximate surface area is 141 Å². The van der Waals surface area contributed by atoms with Crippen LogP contribution in [0.3, 0.4) is 0 Å². The lowest BCUT2D eigenvalue weighted by atomic mass is 9.86. The van der Waals surface area contributed by atoms with Gasteiger partial charge in [-0.25, -0.2) is 9.59 Å². The third-order valence-electron chi connectivity index (χ3n) is 3.37. The Bertz CT molecular complexity index is 743. The molecule has 0 radical (unpaired) electrons. The van der Waals surface area contributed by atoms with E-state index in [-0.39, 0.29) is 16.7 Å². The van der Waals surface area contributed by atoms with Gasteiger partial charge in [0.2, 0.25) is 0 Å². The minimum atomic E-state index is -0.914. The summed E-state index contributed by atoms with van der Waals surface area (Å²) in [6.45, 7) is 6.06. The zero-order valence-electron chi connectivity index (χ0n) is 14.2. The fourth-order valence-electron chi connectivity index (χ4n) is 2.21. The Balaban J connectivity index is 2.20. The Morgan fingerprint density at radius 2 is 1.38 bits per heavy atom. The van der Waals surface area contributed by atoms with Crippen molar-refractivity contribution in [2.45, 2.75) is 26.2 Å². The van der Waals surface area contributed by atoms with Crippen molar-refractivity contribution in [3.8, 4) is 11.5 Å². The molecule has 5 nitrogen and oxygen atoms in total. The van der Waals surface area contributed by atoms with E-state index in [9.17, 15) is 9.59 Å². The van der Waals surface area contributed by atoms with Crippen LogP contribution in [0.25, 0.3) is 0 Å². The first-order valence-electron chi connectivity index (χ1n) is 7.49. The molecule has 0 aliphatic carbocycles. The molecule has 2 rings (SSSR count). The predicted octanol–water partition coefficient (Wildman–Crippen LogP) is 4.35. The van der Waals surface area contributed by atoms with Gasteiger partial charge in [-0.3, -0.25) is 0 Å². The first-order valence-corrected chi connectivity index (χ1v) is 7.49. The van der Waals surface area contributed by atoms with Crippen LogP contribution in [0.4, 0.5) is 4.79 Å². The molecule has 0 heterocycles. The Hall–Kier alpha value is -2.82. The molecule has 0 unspecified atom stereocenters. The molecule has 126 valence electrons. The number of methoxy groups -OCH3 is 1. The molecule has 0 saturated heterocycles. The molecule has 0 atom stereocenters. The molecule has 5 heteroatoms. The van der Waals surface area contributed by atoms with Crippen molar-refractivity contribution < 1.29 is 23.8 Å². The fraction of sp³-hybridized carbons (Fsp3) is 0.263. The van der Waals surface area contributed by atoms with E-state index >= 15 is 0 Å². The number of hydrogen-bond acceptors (Lipinski definition) is 5. The fourth-order valence-corrected chi connectivity index (χ4v) is 2.21. The van der Waals surface area contributed by atoms with Crippen LogP contribution in [0, 0.1) is 0 Å². The SMILES string of the molecule is COC(=O)c1ccccc1OC(=O)Oc1ccccc1C(C)(C)C. The van der Waals surface area contributed by atoms with Crippen molar-refractivity contribution in [2.24, 2.45) is 0 Å². The van der Waals surface area contributed by atoms with Crippen LogP contribution in [-0.4, -0.2) is 19.2 Å². The predicted molar refractivity (Wildman–Crippen MR) is 89.6 cm³/mol. The van der Waals surface area contributed by atoms with E-state index in [1.165, 1.54) is 19.2 Å². The van der Waals surface area contributed by atoms with Crippen LogP contribution < -0.4 is 9.47 Å². The average Bonchev–Trinajstić information content (AvgIpc) is 2.54. The van der Waals surface area contributed by atoms with Gasteiger partial charge in [-0.15, -0.1) is 0 Å². The second-order valence-corrected chi connectivity index (χ2v) is 6.19. The first kappa shape index (κ1) is 17.5. The van der Waals surface area contributed by atoms with Gasteiger partial charge < -0.3 is 14.2 Å². The Morgan fingerprint density at radius 1 is 0.833 bits per heavy atom. The summed E-state index contributed by atoms with van der Waals surface area (Å²) in [5, 5.41) is 0. The summed E-state index contributed by atoms with van der Waals surface area (Å²) in [6, 6.07) is 13.6. The van der Waals surface area contributed by atoms with E-state index in [0.29, 0.717) is 5.75 Å². The second-order valence-electron chi connectivity index (χ2n) is 6.19. The third-order valence-corrected chi connectivity index (χ3v) is 3.37. The van der Waals surface area contributed by atoms with Gasteiger partial charge in [0.15, 0.2) is 0 Å². The number of carbonyl (C=O) groups excluding carboxylic acids is 2. The zero-order chi connectivity index (χ0) is 17.7. The quantitative estimate of drug-likeness (QED) is 0.619. The molecule has 2 aromatic carbocycles. The molecule has 0 aliphatic rings. The molecule has 0 aliphatic heterocycles. The summed E-state index contributed by atoms with van der Waals surface area (Å²) in [5.74, 6) is -0.0818. The number of ether oxygens (including phenoxy) is 3. The highest BCUT2D eigenvalue weighted by Crippen LogP contribution is 2.31. The lowest BCUT2D eigenvalue weighted by molar-refractivity contribution is 0.0597. The lowest BCUT2D eigenvalue weighted by Gasteiger charge is -2.21. The van der Waals surface area contributed by atoms with E-state index in [1.54, 1.807) is 24.3 Å². The maximum atomic E-state index is 12.1. The maximum Gasteiger partial charge on any atom is 0.519 e. The van der Waals surface area contributed by atoms with Gasteiger partial charge >= 0.3 is 12.1 Å². The number of esters is 1. The number of carbonyl (C=O) groups is 2. The summed E-state index contributed by atoms with van der Waals surface area (Å²) in [6.07, 6.45) is -0.914. The summed E-state index contributed by atoms with van der Waals surface area (Å²) < 4.78 is 15.2. The molecule has 0 amide bonds. The molecular formula is C19H20O5. The maximum absolute atomic E-state index is 12.1. The monoisotopic (exact) mass is 328 g/mol. The van der Waals surface area contributed by atoms with Crippen molar-refractivity contribution in [1.29, 1.82) is 0 Å². The van der Waals surface area contributed by atoms with Crippen LogP contribution in [0.1, 0.15) is 36.7 Å². The van der Waals surface area contributed by atoms with E-state index in [2.05, 4.69) is 4.74 Å². The normalized spacial score (nSPS) is 10.8. The van der Waals surface area contributed by atoms with E-state index in [1.807, 2.05) is 32.9 Å². The van der Waals surface area contributed by atoms with Gasteiger partial charge in [-0.1, -0.05) is 51.1 Å². The third kappa shape index (κ3) is 4.13. The molecule has 0 bridgehead atoms. The van der Waals surface area contributed by atoms with Crippen LogP contribution >= 0.6 is 0 Å². The summed E-state index contributed by atoms with van der Waals surface area (Å²) in [7, 11) is 1.26. The minimum Gasteiger partial charge on any atom is -0.465 e. The number of benzene rings is 2. The van der Waals surface area contributed by atoms with Crippen LogP contribution in [0.15, 0.2) is 48.5 Å². The summed E-state index contributed by atoms with van der Waals surface area (Å²) >= 11 is 0. The van der Waals surface area contributed by atoms with Gasteiger partial charge in [0, 0.05) is 5.56 Å². The van der Waals surface area contributed by atoms with E-state index in [0.717, 1.165) is 5.56 Å². The number of hydrogen-bond donors (Lipinski definition) is 0. The zero-order valence-corrected chi connectivity index (χ0v) is 14.2. The van der Waals surface area contributed by atoms with Crippen molar-refractivity contribution in [3.05, 3.63) is 59.7 Å². The van der Waals surface area contributed by atoms with E-state index in [4.69, 9.17) is 9.47 Å². The van der Waals surface area contributed by atoms with Gasteiger partial charge in [0.25, 0.3) is 0 Å². The number of para-hydroxylation sites is 2. The van der Waals surface area contributed by atoms with Crippen molar-refractivity contribution in [3.63, 3.8) is 0 Å². The Morgan fingerprint density at radius 3 is 2.00 bits per heavy atom. The molecule has 0 aromatic heterocycles. The topological polar surface area (TPSA) is 61.8 Å². The molecule has 0 saturated carbocycles. The molecule has 0 N–H and O–H groups in total. The molecule has 0 spiro atoms. The smallest absolute Gasteiger partial charge is 0.465 e. The molecule has 0 fully saturated rings. The largest absolute Gasteiger partial charge is 0.519 e. The first-order chi connectivity index (χ1) is 11.3. The molecule has 2 aromatic rings. The Kier molecular flexibility index (Phi) is 5.24. The highest BCUT2D eigenvalue weighted by molar-refractivity contribution is 5.93. The summed E-state index contributed by atoms with van der Waals surface area (Å²) in [5.41, 5.74) is 0.838.